The van der Waals surface area contributed by atoms with Crippen molar-refractivity contribution in [2.24, 2.45) is 0 Å². The molecule has 1 N–H and O–H groups in total. The summed E-state index contributed by atoms with van der Waals surface area (Å²) in [6.07, 6.45) is 2.80. The average Bonchev–Trinajstić information content (AvgIpc) is 2.38. The monoisotopic (exact) mass is 267 g/mol. The number of carboxylic acid groups (broad SMARTS) is 1. The molecule has 18 heavy (non-hydrogen) atoms. The molecule has 0 bridgehead atoms. The van der Waals surface area contributed by atoms with E-state index in [1.54, 1.807) is 0 Å². The van der Waals surface area contributed by atoms with Gasteiger partial charge in [0.1, 0.15) is 6.04 Å². The lowest BCUT2D eigenvalue weighted by Gasteiger charge is -2.37. The van der Waals surface area contributed by atoms with Crippen molar-refractivity contribution in [3.63, 3.8) is 0 Å². The van der Waals surface area contributed by atoms with E-state index in [0.29, 0.717) is 5.02 Å². The van der Waals surface area contributed by atoms with Crippen molar-refractivity contribution in [3.8, 4) is 0 Å². The molecule has 0 aliphatic carbocycles. The van der Waals surface area contributed by atoms with Gasteiger partial charge in [0.05, 0.1) is 0 Å². The van der Waals surface area contributed by atoms with Gasteiger partial charge in [-0.25, -0.2) is 0 Å². The summed E-state index contributed by atoms with van der Waals surface area (Å²) in [6, 6.07) is 7.39. The van der Waals surface area contributed by atoms with Crippen LogP contribution in [0.15, 0.2) is 24.3 Å². The normalized spacial score (nSPS) is 22.7. The molecule has 1 aromatic rings. The third kappa shape index (κ3) is 2.85. The number of hydrogen-bond acceptors (Lipinski definition) is 2. The molecule has 0 amide bonds. The predicted octanol–water partition coefficient (Wildman–Crippen LogP) is 3.34. The first-order valence-electron chi connectivity index (χ1n) is 6.33. The van der Waals surface area contributed by atoms with Crippen LogP contribution in [-0.2, 0) is 4.79 Å². The van der Waals surface area contributed by atoms with E-state index in [4.69, 9.17) is 11.6 Å². The highest BCUT2D eigenvalue weighted by Gasteiger charge is 2.32. The van der Waals surface area contributed by atoms with E-state index in [1.165, 1.54) is 0 Å². The Morgan fingerprint density at radius 1 is 1.50 bits per heavy atom. The van der Waals surface area contributed by atoms with Crippen LogP contribution in [0, 0.1) is 0 Å². The van der Waals surface area contributed by atoms with E-state index < -0.39 is 5.97 Å². The topological polar surface area (TPSA) is 40.5 Å². The van der Waals surface area contributed by atoms with Gasteiger partial charge in [-0.3, -0.25) is 9.69 Å². The molecule has 0 spiro atoms. The Hall–Kier alpha value is -1.06. The Morgan fingerprint density at radius 2 is 2.28 bits per heavy atom. The molecule has 1 fully saturated rings. The Kier molecular flexibility index (Phi) is 4.25. The highest BCUT2D eigenvalue weighted by molar-refractivity contribution is 6.30. The van der Waals surface area contributed by atoms with Gasteiger partial charge in [-0.1, -0.05) is 30.2 Å². The summed E-state index contributed by atoms with van der Waals surface area (Å²) in [5.74, 6) is -0.719. The average molecular weight is 268 g/mol. The molecule has 2 rings (SSSR count). The largest absolute Gasteiger partial charge is 0.480 e. The van der Waals surface area contributed by atoms with Crippen molar-refractivity contribution in [2.75, 3.05) is 6.54 Å². The molecule has 0 saturated carbocycles. The molecular weight excluding hydrogens is 250 g/mol. The molecule has 4 heteroatoms. The van der Waals surface area contributed by atoms with Crippen LogP contribution >= 0.6 is 11.6 Å². The van der Waals surface area contributed by atoms with Gasteiger partial charge >= 0.3 is 5.97 Å². The van der Waals surface area contributed by atoms with Gasteiger partial charge in [-0.2, -0.15) is 0 Å². The second kappa shape index (κ2) is 5.72. The maximum atomic E-state index is 11.3. The van der Waals surface area contributed by atoms with Gasteiger partial charge in [0.2, 0.25) is 0 Å². The lowest BCUT2D eigenvalue weighted by atomic mass is 9.97. The summed E-state index contributed by atoms with van der Waals surface area (Å²) >= 11 is 5.99. The van der Waals surface area contributed by atoms with Gasteiger partial charge in [0, 0.05) is 11.1 Å². The zero-order chi connectivity index (χ0) is 13.1. The fourth-order valence-electron chi connectivity index (χ4n) is 2.64. The summed E-state index contributed by atoms with van der Waals surface area (Å²) < 4.78 is 0. The highest BCUT2D eigenvalue weighted by atomic mass is 35.5. The molecule has 1 aliphatic rings. The van der Waals surface area contributed by atoms with E-state index >= 15 is 0 Å². The Morgan fingerprint density at radius 3 is 2.94 bits per heavy atom. The van der Waals surface area contributed by atoms with Crippen LogP contribution in [0.3, 0.4) is 0 Å². The number of aliphatic carboxylic acids is 1. The van der Waals surface area contributed by atoms with Crippen LogP contribution in [0.25, 0.3) is 0 Å². The summed E-state index contributed by atoms with van der Waals surface area (Å²) in [6.45, 7) is 2.89. The standard InChI is InChI=1S/C14H18ClNO2/c1-10(11-5-4-6-12(15)9-11)16-8-3-2-7-13(16)14(17)18/h4-6,9-10,13H,2-3,7-8H2,1H3,(H,17,18). The first kappa shape index (κ1) is 13.4. The Labute approximate surface area is 112 Å². The molecule has 3 nitrogen and oxygen atoms in total. The van der Waals surface area contributed by atoms with E-state index in [1.807, 2.05) is 31.2 Å². The van der Waals surface area contributed by atoms with E-state index in [9.17, 15) is 9.90 Å². The first-order valence-corrected chi connectivity index (χ1v) is 6.71. The lowest BCUT2D eigenvalue weighted by molar-refractivity contribution is -0.145. The quantitative estimate of drug-likeness (QED) is 0.913. The fourth-order valence-corrected chi connectivity index (χ4v) is 2.84. The van der Waals surface area contributed by atoms with Crippen molar-refractivity contribution < 1.29 is 9.90 Å². The van der Waals surface area contributed by atoms with E-state index in [0.717, 1.165) is 31.4 Å². The van der Waals surface area contributed by atoms with Crippen molar-refractivity contribution >= 4 is 17.6 Å². The van der Waals surface area contributed by atoms with Crippen LogP contribution in [0.5, 0.6) is 0 Å². The molecule has 0 aromatic heterocycles. The number of hydrogen-bond donors (Lipinski definition) is 1. The molecule has 1 saturated heterocycles. The van der Waals surface area contributed by atoms with Crippen LogP contribution in [-0.4, -0.2) is 28.6 Å². The van der Waals surface area contributed by atoms with E-state index in [2.05, 4.69) is 4.90 Å². The van der Waals surface area contributed by atoms with Crippen LogP contribution in [0.4, 0.5) is 0 Å². The minimum absolute atomic E-state index is 0.0881. The van der Waals surface area contributed by atoms with Gasteiger partial charge in [-0.15, -0.1) is 0 Å². The Bertz CT molecular complexity index is 436. The molecule has 1 aliphatic heterocycles. The minimum Gasteiger partial charge on any atom is -0.480 e. The summed E-state index contributed by atoms with van der Waals surface area (Å²) in [4.78, 5) is 13.4. The molecule has 98 valence electrons. The number of rotatable bonds is 3. The van der Waals surface area contributed by atoms with Crippen molar-refractivity contribution in [2.45, 2.75) is 38.3 Å². The molecular formula is C14H18ClNO2. The first-order chi connectivity index (χ1) is 8.59. The zero-order valence-electron chi connectivity index (χ0n) is 10.5. The summed E-state index contributed by atoms with van der Waals surface area (Å²) in [5, 5.41) is 9.99. The van der Waals surface area contributed by atoms with Crippen molar-refractivity contribution in [3.05, 3.63) is 34.9 Å². The van der Waals surface area contributed by atoms with Gasteiger partial charge in [-0.05, 0) is 44.0 Å². The minimum atomic E-state index is -0.719. The second-order valence-corrected chi connectivity index (χ2v) is 5.26. The fraction of sp³-hybridized carbons (Fsp3) is 0.500. The van der Waals surface area contributed by atoms with Crippen LogP contribution in [0.2, 0.25) is 5.02 Å². The van der Waals surface area contributed by atoms with Gasteiger partial charge in [0.15, 0.2) is 0 Å². The molecule has 2 unspecified atom stereocenters. The van der Waals surface area contributed by atoms with Crippen LogP contribution in [0.1, 0.15) is 37.8 Å². The second-order valence-electron chi connectivity index (χ2n) is 4.82. The number of piperidine rings is 1. The third-order valence-corrected chi connectivity index (χ3v) is 3.89. The molecule has 2 atom stereocenters. The molecule has 0 radical (unpaired) electrons. The van der Waals surface area contributed by atoms with E-state index in [-0.39, 0.29) is 12.1 Å². The predicted molar refractivity (Wildman–Crippen MR) is 71.8 cm³/mol. The van der Waals surface area contributed by atoms with Crippen molar-refractivity contribution in [1.82, 2.24) is 4.90 Å². The lowest BCUT2D eigenvalue weighted by Crippen LogP contribution is -2.45. The van der Waals surface area contributed by atoms with Crippen LogP contribution < -0.4 is 0 Å². The van der Waals surface area contributed by atoms with Crippen molar-refractivity contribution in [1.29, 1.82) is 0 Å². The number of benzene rings is 1. The SMILES string of the molecule is CC(c1cccc(Cl)c1)N1CCCCC1C(=O)O. The molecule has 1 heterocycles. The van der Waals surface area contributed by atoms with Gasteiger partial charge in [0.25, 0.3) is 0 Å². The number of nitrogens with zero attached hydrogens (tertiary/aromatic N) is 1. The zero-order valence-corrected chi connectivity index (χ0v) is 11.2. The maximum Gasteiger partial charge on any atom is 0.320 e. The Balaban J connectivity index is 2.20. The smallest absolute Gasteiger partial charge is 0.320 e. The summed E-state index contributed by atoms with van der Waals surface area (Å²) in [7, 11) is 0. The number of likely N-dealkylation sites (tertiary alicyclic amines) is 1. The maximum absolute atomic E-state index is 11.3. The summed E-state index contributed by atoms with van der Waals surface area (Å²) in [5.41, 5.74) is 1.08. The molecule has 1 aromatic carbocycles. The van der Waals surface area contributed by atoms with Gasteiger partial charge < -0.3 is 5.11 Å². The number of carboxylic acids is 1. The number of carbonyl (C=O) groups is 1. The third-order valence-electron chi connectivity index (χ3n) is 3.66. The highest BCUT2D eigenvalue weighted by Crippen LogP contribution is 2.29. The number of halogens is 1.